The van der Waals surface area contributed by atoms with E-state index in [1.165, 1.54) is 19.1 Å². The number of fused-ring (bicyclic) bond motifs is 1. The van der Waals surface area contributed by atoms with Gasteiger partial charge in [0.25, 0.3) is 0 Å². The Morgan fingerprint density at radius 2 is 1.78 bits per heavy atom. The molecule has 0 saturated carbocycles. The molecule has 5 nitrogen and oxygen atoms in total. The summed E-state index contributed by atoms with van der Waals surface area (Å²) in [5.41, 5.74) is 4.12. The summed E-state index contributed by atoms with van der Waals surface area (Å²) < 4.78 is 44.0. The van der Waals surface area contributed by atoms with Crippen LogP contribution in [0.25, 0.3) is 17.4 Å². The lowest BCUT2D eigenvalue weighted by Crippen LogP contribution is -2.09. The quantitative estimate of drug-likeness (QED) is 0.804. The van der Waals surface area contributed by atoms with Crippen molar-refractivity contribution in [1.29, 1.82) is 0 Å². The molecule has 7 heteroatoms. The monoisotopic (exact) mass is 387 g/mol. The molecule has 1 aliphatic carbocycles. The Morgan fingerprint density at radius 3 is 2.37 bits per heavy atom. The highest BCUT2D eigenvalue weighted by Crippen LogP contribution is 2.43. The van der Waals surface area contributed by atoms with Gasteiger partial charge in [-0.3, -0.25) is 9.52 Å². The maximum atomic E-state index is 13.7. The third kappa shape index (κ3) is 4.25. The number of nitrogens with one attached hydrogen (secondary N) is 1. The largest absolute Gasteiger partial charge is 0.426 e. The summed E-state index contributed by atoms with van der Waals surface area (Å²) in [5.74, 6) is -0.542. The van der Waals surface area contributed by atoms with Crippen LogP contribution in [0.5, 0.6) is 0 Å². The second-order valence-corrected chi connectivity index (χ2v) is 8.04. The molecule has 0 fully saturated rings. The van der Waals surface area contributed by atoms with Crippen LogP contribution in [0.4, 0.5) is 10.1 Å². The van der Waals surface area contributed by atoms with E-state index >= 15 is 0 Å². The summed E-state index contributed by atoms with van der Waals surface area (Å²) >= 11 is 0. The Hall–Kier alpha value is -2.93. The fourth-order valence-corrected chi connectivity index (χ4v) is 3.52. The van der Waals surface area contributed by atoms with E-state index < -0.39 is 21.8 Å². The lowest BCUT2D eigenvalue weighted by molar-refractivity contribution is -0.134. The molecule has 0 bridgehead atoms. The zero-order chi connectivity index (χ0) is 19.8. The SMILES string of the molecule is CC(=O)OC1=C(C)/C(=C\c2ccc(NS(C)(=O)=O)cc2)c2ccc(F)cc21. The van der Waals surface area contributed by atoms with Gasteiger partial charge in [0.15, 0.2) is 0 Å². The fraction of sp³-hybridized carbons (Fsp3) is 0.150. The van der Waals surface area contributed by atoms with E-state index in [1.807, 2.05) is 13.0 Å². The molecule has 3 rings (SSSR count). The highest BCUT2D eigenvalue weighted by atomic mass is 32.2. The Bertz CT molecular complexity index is 1080. The standard InChI is InChI=1S/C20H18FNO4S/c1-12-18(10-14-4-7-16(8-5-14)22-27(3,24)25)17-9-6-15(21)11-19(17)20(12)26-13(2)23/h4-11,22H,1-3H3/b18-10+. The van der Waals surface area contributed by atoms with Crippen molar-refractivity contribution in [3.8, 4) is 0 Å². The number of halogens is 1. The first-order valence-electron chi connectivity index (χ1n) is 8.13. The van der Waals surface area contributed by atoms with Crippen molar-refractivity contribution in [2.75, 3.05) is 11.0 Å². The van der Waals surface area contributed by atoms with Crippen molar-refractivity contribution in [2.24, 2.45) is 0 Å². The lowest BCUT2D eigenvalue weighted by Gasteiger charge is -2.06. The zero-order valence-electron chi connectivity index (χ0n) is 15.0. The van der Waals surface area contributed by atoms with E-state index in [2.05, 4.69) is 4.72 Å². The zero-order valence-corrected chi connectivity index (χ0v) is 15.9. The molecule has 140 valence electrons. The second kappa shape index (κ2) is 7.00. The van der Waals surface area contributed by atoms with Crippen LogP contribution < -0.4 is 4.72 Å². The number of benzene rings is 2. The molecule has 0 unspecified atom stereocenters. The molecule has 0 amide bonds. The number of esters is 1. The number of ether oxygens (including phenoxy) is 1. The highest BCUT2D eigenvalue weighted by Gasteiger charge is 2.26. The molecule has 0 radical (unpaired) electrons. The predicted molar refractivity (Wildman–Crippen MR) is 104 cm³/mol. The van der Waals surface area contributed by atoms with Gasteiger partial charge in [-0.1, -0.05) is 18.2 Å². The molecule has 0 atom stereocenters. The lowest BCUT2D eigenvalue weighted by atomic mass is 10.0. The number of allylic oxidation sites excluding steroid dienone is 2. The first kappa shape index (κ1) is 18.8. The third-order valence-electron chi connectivity index (χ3n) is 4.03. The van der Waals surface area contributed by atoms with Gasteiger partial charge in [-0.2, -0.15) is 0 Å². The summed E-state index contributed by atoms with van der Waals surface area (Å²) in [5, 5.41) is 0. The normalized spacial score (nSPS) is 15.0. The molecule has 27 heavy (non-hydrogen) atoms. The summed E-state index contributed by atoms with van der Waals surface area (Å²) in [6.07, 6.45) is 2.97. The van der Waals surface area contributed by atoms with Gasteiger partial charge in [0.05, 0.1) is 6.26 Å². The van der Waals surface area contributed by atoms with Crippen LogP contribution in [-0.4, -0.2) is 20.6 Å². The van der Waals surface area contributed by atoms with Crippen molar-refractivity contribution >= 4 is 39.1 Å². The number of carbonyl (C=O) groups is 1. The Morgan fingerprint density at radius 1 is 1.11 bits per heavy atom. The average Bonchev–Trinajstić information content (AvgIpc) is 2.80. The summed E-state index contributed by atoms with van der Waals surface area (Å²) in [6.45, 7) is 3.11. The molecular formula is C20H18FNO4S. The molecule has 2 aromatic rings. The Labute approximate surface area is 157 Å². The molecule has 0 saturated heterocycles. The van der Waals surface area contributed by atoms with E-state index in [9.17, 15) is 17.6 Å². The van der Waals surface area contributed by atoms with Gasteiger partial charge < -0.3 is 4.74 Å². The smallest absolute Gasteiger partial charge is 0.308 e. The third-order valence-corrected chi connectivity index (χ3v) is 4.64. The van der Waals surface area contributed by atoms with Crippen molar-refractivity contribution in [2.45, 2.75) is 13.8 Å². The minimum absolute atomic E-state index is 0.346. The van der Waals surface area contributed by atoms with E-state index in [1.54, 1.807) is 30.3 Å². The first-order valence-corrected chi connectivity index (χ1v) is 10.0. The van der Waals surface area contributed by atoms with Crippen LogP contribution in [-0.2, 0) is 19.6 Å². The van der Waals surface area contributed by atoms with E-state index in [0.717, 1.165) is 28.5 Å². The van der Waals surface area contributed by atoms with Crippen molar-refractivity contribution in [3.63, 3.8) is 0 Å². The fourth-order valence-electron chi connectivity index (χ4n) is 2.95. The number of carbonyl (C=O) groups excluding carboxylic acids is 1. The van der Waals surface area contributed by atoms with Gasteiger partial charge in [0, 0.05) is 23.7 Å². The van der Waals surface area contributed by atoms with Gasteiger partial charge in [-0.15, -0.1) is 0 Å². The predicted octanol–water partition coefficient (Wildman–Crippen LogP) is 4.05. The molecule has 1 aliphatic rings. The Kier molecular flexibility index (Phi) is 4.89. The van der Waals surface area contributed by atoms with Crippen LogP contribution in [0.3, 0.4) is 0 Å². The van der Waals surface area contributed by atoms with Crippen LogP contribution in [0.2, 0.25) is 0 Å². The number of hydrogen-bond donors (Lipinski definition) is 1. The maximum Gasteiger partial charge on any atom is 0.308 e. The summed E-state index contributed by atoms with van der Waals surface area (Å²) in [6, 6.07) is 11.2. The topological polar surface area (TPSA) is 72.5 Å². The number of hydrogen-bond acceptors (Lipinski definition) is 4. The van der Waals surface area contributed by atoms with Gasteiger partial charge in [-0.25, -0.2) is 12.8 Å². The van der Waals surface area contributed by atoms with Crippen LogP contribution in [0.1, 0.15) is 30.5 Å². The van der Waals surface area contributed by atoms with Crippen molar-refractivity contribution in [1.82, 2.24) is 0 Å². The van der Waals surface area contributed by atoms with Gasteiger partial charge in [-0.05, 0) is 54.0 Å². The van der Waals surface area contributed by atoms with Crippen LogP contribution in [0, 0.1) is 5.82 Å². The van der Waals surface area contributed by atoms with Crippen molar-refractivity contribution < 1.29 is 22.3 Å². The highest BCUT2D eigenvalue weighted by molar-refractivity contribution is 7.92. The van der Waals surface area contributed by atoms with Gasteiger partial charge in [0.2, 0.25) is 10.0 Å². The maximum absolute atomic E-state index is 13.7. The molecule has 0 aliphatic heterocycles. The van der Waals surface area contributed by atoms with Crippen LogP contribution in [0.15, 0.2) is 48.0 Å². The number of rotatable bonds is 4. The number of anilines is 1. The minimum Gasteiger partial charge on any atom is -0.426 e. The van der Waals surface area contributed by atoms with Crippen molar-refractivity contribution in [3.05, 3.63) is 70.5 Å². The van der Waals surface area contributed by atoms with E-state index in [-0.39, 0.29) is 0 Å². The Balaban J connectivity index is 2.03. The summed E-state index contributed by atoms with van der Waals surface area (Å²) in [4.78, 5) is 11.4. The molecule has 1 N–H and O–H groups in total. The molecular weight excluding hydrogens is 369 g/mol. The minimum atomic E-state index is -3.34. The molecule has 0 spiro atoms. The molecule has 0 aromatic heterocycles. The summed E-state index contributed by atoms with van der Waals surface area (Å²) in [7, 11) is -3.34. The van der Waals surface area contributed by atoms with E-state index in [0.29, 0.717) is 17.0 Å². The second-order valence-electron chi connectivity index (χ2n) is 6.29. The van der Waals surface area contributed by atoms with Gasteiger partial charge >= 0.3 is 5.97 Å². The van der Waals surface area contributed by atoms with E-state index in [4.69, 9.17) is 4.74 Å². The van der Waals surface area contributed by atoms with Gasteiger partial charge in [0.1, 0.15) is 11.6 Å². The molecule has 2 aromatic carbocycles. The van der Waals surface area contributed by atoms with Crippen LogP contribution >= 0.6 is 0 Å². The average molecular weight is 387 g/mol. The number of sulfonamides is 1. The molecule has 0 heterocycles. The first-order chi connectivity index (χ1) is 12.6.